The first kappa shape index (κ1) is 38.7. The molecule has 4 aliphatic heterocycles. The van der Waals surface area contributed by atoms with Gasteiger partial charge in [-0.1, -0.05) is 155 Å². The highest BCUT2D eigenvalue weighted by Crippen LogP contribution is 2.54. The minimum atomic E-state index is -0.158. The van der Waals surface area contributed by atoms with E-state index in [1.165, 1.54) is 55.4 Å². The van der Waals surface area contributed by atoms with E-state index in [9.17, 15) is 0 Å². The number of rotatable bonds is 4. The van der Waals surface area contributed by atoms with Crippen LogP contribution in [0.3, 0.4) is 0 Å². The molecule has 9 aromatic rings. The van der Waals surface area contributed by atoms with Crippen molar-refractivity contribution in [2.24, 2.45) is 0 Å². The van der Waals surface area contributed by atoms with Crippen molar-refractivity contribution in [3.63, 3.8) is 0 Å². The van der Waals surface area contributed by atoms with Crippen LogP contribution >= 0.6 is 0 Å². The van der Waals surface area contributed by atoms with Gasteiger partial charge in [0.05, 0.1) is 11.4 Å². The molecular weight excluding hydrogens is 802 g/mol. The Morgan fingerprint density at radius 2 is 0.652 bits per heavy atom. The summed E-state index contributed by atoms with van der Waals surface area (Å²) in [7, 11) is 0. The number of fused-ring (bicyclic) bond motifs is 10. The Labute approximate surface area is 387 Å². The molecule has 0 N–H and O–H groups in total. The molecule has 0 saturated heterocycles. The molecule has 0 bridgehead atoms. The van der Waals surface area contributed by atoms with E-state index >= 15 is 0 Å². The fourth-order valence-corrected chi connectivity index (χ4v) is 11.0. The van der Waals surface area contributed by atoms with Crippen LogP contribution in [0.15, 0.2) is 170 Å². The lowest BCUT2D eigenvalue weighted by molar-refractivity contribution is 0.477. The van der Waals surface area contributed by atoms with Crippen LogP contribution in [0.5, 0.6) is 23.0 Å². The molecule has 13 rings (SSSR count). The van der Waals surface area contributed by atoms with Crippen molar-refractivity contribution in [3.8, 4) is 45.3 Å². The second-order valence-corrected chi connectivity index (χ2v) is 19.0. The fraction of sp³-hybridized carbons (Fsp3) is 0.100. The standard InChI is InChI=1S/C60H46B2N2O2/c1-35-7-17-41(18-8-35)43-21-29-53-49(33-43)61-47-31-39(5)15-27-51(47)63(45-23-11-37(3)12-24-45)57-55(61)59(65-53)58-56-60(57)66-54-30-22-44(42-19-9-36(2)10-20-42)34-50(54)62(56)48-32-40(6)16-28-52(48)64(58)46-25-13-38(4)14-26-46/h7-34H,1-6H3. The Balaban J connectivity index is 1.17. The monoisotopic (exact) mass is 848 g/mol. The van der Waals surface area contributed by atoms with Crippen LogP contribution in [-0.2, 0) is 0 Å². The molecule has 9 aromatic carbocycles. The van der Waals surface area contributed by atoms with Gasteiger partial charge in [-0.05, 0) is 134 Å². The van der Waals surface area contributed by atoms with Crippen molar-refractivity contribution >= 4 is 80.3 Å². The van der Waals surface area contributed by atoms with E-state index in [0.717, 1.165) is 90.1 Å². The zero-order valence-electron chi connectivity index (χ0n) is 38.0. The van der Waals surface area contributed by atoms with Crippen molar-refractivity contribution in [1.29, 1.82) is 0 Å². The van der Waals surface area contributed by atoms with E-state index in [0.29, 0.717) is 0 Å². The summed E-state index contributed by atoms with van der Waals surface area (Å²) >= 11 is 0. The van der Waals surface area contributed by atoms with Gasteiger partial charge in [0, 0.05) is 33.7 Å². The van der Waals surface area contributed by atoms with Crippen LogP contribution in [-0.4, -0.2) is 13.4 Å². The Hall–Kier alpha value is -7.69. The van der Waals surface area contributed by atoms with Gasteiger partial charge in [-0.25, -0.2) is 0 Å². The molecule has 0 aliphatic carbocycles. The Kier molecular flexibility index (Phi) is 8.46. The van der Waals surface area contributed by atoms with E-state index in [4.69, 9.17) is 9.47 Å². The first-order valence-electron chi connectivity index (χ1n) is 23.1. The van der Waals surface area contributed by atoms with E-state index in [2.05, 4.69) is 221 Å². The highest BCUT2D eigenvalue weighted by Gasteiger charge is 2.52. The smallest absolute Gasteiger partial charge is 0.256 e. The van der Waals surface area contributed by atoms with Crippen LogP contribution in [0.25, 0.3) is 22.3 Å². The van der Waals surface area contributed by atoms with Gasteiger partial charge in [0.1, 0.15) is 23.0 Å². The van der Waals surface area contributed by atoms with Gasteiger partial charge in [-0.2, -0.15) is 0 Å². The number of hydrogen-bond donors (Lipinski definition) is 0. The molecule has 6 heteroatoms. The summed E-state index contributed by atoms with van der Waals surface area (Å²) in [6.07, 6.45) is 0. The number of aryl methyl sites for hydroxylation is 6. The normalized spacial score (nSPS) is 13.4. The number of benzene rings is 9. The zero-order chi connectivity index (χ0) is 44.5. The van der Waals surface area contributed by atoms with Crippen LogP contribution in [0.2, 0.25) is 0 Å². The molecule has 0 amide bonds. The molecule has 4 nitrogen and oxygen atoms in total. The molecule has 4 aliphatic rings. The molecular formula is C60H46B2N2O2. The summed E-state index contributed by atoms with van der Waals surface area (Å²) in [5, 5.41) is 0. The van der Waals surface area contributed by atoms with Crippen molar-refractivity contribution < 1.29 is 9.47 Å². The molecule has 0 aromatic heterocycles. The minimum Gasteiger partial charge on any atom is -0.456 e. The van der Waals surface area contributed by atoms with Gasteiger partial charge in [0.2, 0.25) is 0 Å². The lowest BCUT2D eigenvalue weighted by Crippen LogP contribution is -2.64. The summed E-state index contributed by atoms with van der Waals surface area (Å²) in [4.78, 5) is 4.92. The van der Waals surface area contributed by atoms with Crippen LogP contribution in [0, 0.1) is 41.5 Å². The third-order valence-corrected chi connectivity index (χ3v) is 14.3. The van der Waals surface area contributed by atoms with E-state index < -0.39 is 0 Å². The molecule has 0 spiro atoms. The lowest BCUT2D eigenvalue weighted by atomic mass is 9.31. The second-order valence-electron chi connectivity index (χ2n) is 19.0. The summed E-state index contributed by atoms with van der Waals surface area (Å²) < 4.78 is 15.3. The second kappa shape index (κ2) is 14.4. The number of nitrogens with zero attached hydrogens (tertiary/aromatic N) is 2. The molecule has 0 atom stereocenters. The maximum absolute atomic E-state index is 7.64. The topological polar surface area (TPSA) is 24.9 Å². The SMILES string of the molecule is Cc1ccc(-c2ccc3c(c2)B2c4cc(C)ccc4N(c4ccc(C)cc4)c4c5c6c(c(c42)O3)N(c2ccc(C)cc2)c2ccc(C)cc2B6c2cc(-c3ccc(C)cc3)ccc2O5)cc1. The van der Waals surface area contributed by atoms with Gasteiger partial charge in [0.15, 0.2) is 0 Å². The molecule has 0 saturated carbocycles. The quantitative estimate of drug-likeness (QED) is 0.165. The average Bonchev–Trinajstić information content (AvgIpc) is 3.33. The van der Waals surface area contributed by atoms with E-state index in [1.807, 2.05) is 0 Å². The third-order valence-electron chi connectivity index (χ3n) is 14.3. The maximum atomic E-state index is 7.64. The van der Waals surface area contributed by atoms with E-state index in [1.54, 1.807) is 0 Å². The number of anilines is 6. The predicted molar refractivity (Wildman–Crippen MR) is 277 cm³/mol. The summed E-state index contributed by atoms with van der Waals surface area (Å²) in [6, 6.07) is 63.1. The Bertz CT molecular complexity index is 3260. The highest BCUT2D eigenvalue weighted by molar-refractivity contribution is 7.02. The Morgan fingerprint density at radius 3 is 1.03 bits per heavy atom. The van der Waals surface area contributed by atoms with Gasteiger partial charge in [-0.15, -0.1) is 0 Å². The summed E-state index contributed by atoms with van der Waals surface area (Å²) in [6.45, 7) is 12.7. The van der Waals surface area contributed by atoms with Crippen molar-refractivity contribution in [3.05, 3.63) is 203 Å². The maximum Gasteiger partial charge on any atom is 0.256 e. The molecule has 314 valence electrons. The fourth-order valence-electron chi connectivity index (χ4n) is 11.0. The summed E-state index contributed by atoms with van der Waals surface area (Å²) in [5.74, 6) is 3.48. The first-order valence-corrected chi connectivity index (χ1v) is 23.1. The summed E-state index contributed by atoms with van der Waals surface area (Å²) in [5.41, 5.74) is 25.5. The molecule has 4 heterocycles. The van der Waals surface area contributed by atoms with Crippen LogP contribution < -0.4 is 52.1 Å². The molecule has 0 unspecified atom stereocenters. The zero-order valence-corrected chi connectivity index (χ0v) is 38.0. The molecule has 66 heavy (non-hydrogen) atoms. The van der Waals surface area contributed by atoms with E-state index in [-0.39, 0.29) is 13.4 Å². The van der Waals surface area contributed by atoms with Gasteiger partial charge in [0.25, 0.3) is 13.4 Å². The lowest BCUT2D eigenvalue weighted by Gasteiger charge is -2.47. The first-order chi connectivity index (χ1) is 32.2. The Morgan fingerprint density at radius 1 is 0.318 bits per heavy atom. The molecule has 0 fully saturated rings. The van der Waals surface area contributed by atoms with Crippen LogP contribution in [0.1, 0.15) is 33.4 Å². The van der Waals surface area contributed by atoms with Gasteiger partial charge in [-0.3, -0.25) is 0 Å². The van der Waals surface area contributed by atoms with Crippen molar-refractivity contribution in [2.75, 3.05) is 9.80 Å². The number of ether oxygens (including phenoxy) is 2. The van der Waals surface area contributed by atoms with Crippen molar-refractivity contribution in [1.82, 2.24) is 0 Å². The minimum absolute atomic E-state index is 0.158. The van der Waals surface area contributed by atoms with Crippen LogP contribution in [0.4, 0.5) is 34.1 Å². The van der Waals surface area contributed by atoms with Gasteiger partial charge >= 0.3 is 0 Å². The third kappa shape index (κ3) is 5.80. The average molecular weight is 849 g/mol. The highest BCUT2D eigenvalue weighted by atomic mass is 16.5. The largest absolute Gasteiger partial charge is 0.456 e. The van der Waals surface area contributed by atoms with Gasteiger partial charge < -0.3 is 19.3 Å². The molecule has 0 radical (unpaired) electrons. The van der Waals surface area contributed by atoms with Crippen molar-refractivity contribution in [2.45, 2.75) is 41.5 Å². The number of hydrogen-bond acceptors (Lipinski definition) is 4. The predicted octanol–water partition coefficient (Wildman–Crippen LogP) is 11.7.